The molecule has 1 saturated carbocycles. The van der Waals surface area contributed by atoms with E-state index in [-0.39, 0.29) is 17.9 Å². The van der Waals surface area contributed by atoms with E-state index in [2.05, 4.69) is 10.3 Å². The van der Waals surface area contributed by atoms with Gasteiger partial charge in [0.05, 0.1) is 0 Å². The molecule has 2 unspecified atom stereocenters. The number of aromatic nitrogens is 2. The lowest BCUT2D eigenvalue weighted by Gasteiger charge is -2.03. The van der Waals surface area contributed by atoms with Crippen LogP contribution in [0.1, 0.15) is 6.42 Å². The number of anilines is 1. The topological polar surface area (TPSA) is 99.0 Å². The van der Waals surface area contributed by atoms with Gasteiger partial charge in [-0.15, -0.1) is 0 Å². The molecule has 1 aliphatic rings. The number of hydrogen-bond donors (Lipinski definition) is 2. The van der Waals surface area contributed by atoms with Crippen LogP contribution in [0.4, 0.5) is 11.6 Å². The van der Waals surface area contributed by atoms with Gasteiger partial charge in [0.1, 0.15) is 0 Å². The second kappa shape index (κ2) is 2.95. The Labute approximate surface area is 80.1 Å². The largest absolute Gasteiger partial charge is 0.406 e. The minimum Gasteiger partial charge on any atom is -0.360 e. The summed E-state index contributed by atoms with van der Waals surface area (Å²) in [5, 5.41) is 13.6. The zero-order valence-electron chi connectivity index (χ0n) is 7.67. The molecular formula is C7H11N5O2. The van der Waals surface area contributed by atoms with Gasteiger partial charge in [-0.05, 0) is 16.3 Å². The Morgan fingerprint density at radius 2 is 2.50 bits per heavy atom. The van der Waals surface area contributed by atoms with Gasteiger partial charge in [-0.2, -0.15) is 0 Å². The van der Waals surface area contributed by atoms with Crippen molar-refractivity contribution >= 4 is 11.6 Å². The van der Waals surface area contributed by atoms with E-state index in [1.165, 1.54) is 6.33 Å². The Balaban J connectivity index is 2.21. The van der Waals surface area contributed by atoms with Gasteiger partial charge in [-0.1, -0.05) is 0 Å². The monoisotopic (exact) mass is 197 g/mol. The predicted molar refractivity (Wildman–Crippen MR) is 49.9 cm³/mol. The minimum atomic E-state index is -0.504. The highest BCUT2D eigenvalue weighted by atomic mass is 16.6. The van der Waals surface area contributed by atoms with Gasteiger partial charge in [-0.3, -0.25) is 4.57 Å². The number of hydrogen-bond acceptors (Lipinski definition) is 5. The van der Waals surface area contributed by atoms with Crippen LogP contribution in [0.2, 0.25) is 0 Å². The first-order valence-electron chi connectivity index (χ1n) is 4.27. The van der Waals surface area contributed by atoms with Crippen LogP contribution in [-0.2, 0) is 7.05 Å². The number of nitro groups is 1. The lowest BCUT2D eigenvalue weighted by atomic mass is 10.5. The van der Waals surface area contributed by atoms with E-state index in [0.29, 0.717) is 5.82 Å². The molecule has 0 saturated heterocycles. The average Bonchev–Trinajstić information content (AvgIpc) is 2.65. The van der Waals surface area contributed by atoms with Gasteiger partial charge >= 0.3 is 5.82 Å². The fraction of sp³-hybridized carbons (Fsp3) is 0.571. The van der Waals surface area contributed by atoms with E-state index >= 15 is 0 Å². The van der Waals surface area contributed by atoms with Crippen LogP contribution < -0.4 is 11.1 Å². The fourth-order valence-corrected chi connectivity index (χ4v) is 1.27. The molecule has 1 aromatic rings. The number of nitrogens with two attached hydrogens (primary N) is 1. The minimum absolute atomic E-state index is 0.101. The molecule has 0 spiro atoms. The molecular weight excluding hydrogens is 186 g/mol. The van der Waals surface area contributed by atoms with Crippen molar-refractivity contribution in [2.24, 2.45) is 12.8 Å². The summed E-state index contributed by atoms with van der Waals surface area (Å²) in [4.78, 5) is 13.8. The van der Waals surface area contributed by atoms with Crippen LogP contribution in [0.3, 0.4) is 0 Å². The molecule has 76 valence electrons. The molecule has 7 nitrogen and oxygen atoms in total. The maximum absolute atomic E-state index is 10.6. The summed E-state index contributed by atoms with van der Waals surface area (Å²) in [7, 11) is 1.70. The zero-order chi connectivity index (χ0) is 10.3. The van der Waals surface area contributed by atoms with Crippen molar-refractivity contribution in [1.29, 1.82) is 0 Å². The molecule has 1 aliphatic carbocycles. The Hall–Kier alpha value is -1.63. The summed E-state index contributed by atoms with van der Waals surface area (Å²) in [5.74, 6) is 0.277. The summed E-state index contributed by atoms with van der Waals surface area (Å²) in [6.45, 7) is 0. The number of aryl methyl sites for hydroxylation is 1. The summed E-state index contributed by atoms with van der Waals surface area (Å²) < 4.78 is 1.59. The first-order chi connectivity index (χ1) is 6.59. The zero-order valence-corrected chi connectivity index (χ0v) is 7.67. The molecule has 3 N–H and O–H groups in total. The van der Waals surface area contributed by atoms with E-state index < -0.39 is 4.92 Å². The predicted octanol–water partition coefficient (Wildman–Crippen LogP) is -0.160. The normalized spacial score (nSPS) is 24.7. The Bertz CT molecular complexity index is 374. The SMILES string of the molecule is Cn1cnc([N+](=O)[O-])c1NC1CC1N. The van der Waals surface area contributed by atoms with Gasteiger partial charge in [-0.25, -0.2) is 0 Å². The quantitative estimate of drug-likeness (QED) is 0.518. The number of rotatable bonds is 3. The maximum Gasteiger partial charge on any atom is 0.406 e. The van der Waals surface area contributed by atoms with Crippen molar-refractivity contribution in [3.05, 3.63) is 16.4 Å². The average molecular weight is 197 g/mol. The maximum atomic E-state index is 10.6. The first kappa shape index (κ1) is 8.95. The Morgan fingerprint density at radius 3 is 3.00 bits per heavy atom. The van der Waals surface area contributed by atoms with E-state index in [0.717, 1.165) is 6.42 Å². The summed E-state index contributed by atoms with van der Waals surface area (Å²) in [6.07, 6.45) is 2.26. The van der Waals surface area contributed by atoms with E-state index in [9.17, 15) is 10.1 Å². The van der Waals surface area contributed by atoms with Crippen LogP contribution in [-0.4, -0.2) is 26.6 Å². The van der Waals surface area contributed by atoms with Crippen molar-refractivity contribution in [2.75, 3.05) is 5.32 Å². The second-order valence-electron chi connectivity index (χ2n) is 3.44. The molecule has 2 rings (SSSR count). The van der Waals surface area contributed by atoms with Crippen molar-refractivity contribution in [2.45, 2.75) is 18.5 Å². The molecule has 0 aliphatic heterocycles. The van der Waals surface area contributed by atoms with Crippen molar-refractivity contribution < 1.29 is 4.92 Å². The molecule has 0 amide bonds. The first-order valence-corrected chi connectivity index (χ1v) is 4.27. The summed E-state index contributed by atoms with van der Waals surface area (Å²) in [6, 6.07) is 0.244. The van der Waals surface area contributed by atoms with Crippen molar-refractivity contribution in [3.63, 3.8) is 0 Å². The molecule has 2 atom stereocenters. The van der Waals surface area contributed by atoms with Gasteiger partial charge in [0.2, 0.25) is 12.1 Å². The van der Waals surface area contributed by atoms with Gasteiger partial charge < -0.3 is 21.2 Å². The molecule has 0 aromatic carbocycles. The van der Waals surface area contributed by atoms with Crippen LogP contribution >= 0.6 is 0 Å². The van der Waals surface area contributed by atoms with E-state index in [4.69, 9.17) is 5.73 Å². The van der Waals surface area contributed by atoms with E-state index in [1.807, 2.05) is 0 Å². The van der Waals surface area contributed by atoms with E-state index in [1.54, 1.807) is 11.6 Å². The number of imidazole rings is 1. The van der Waals surface area contributed by atoms with Crippen LogP contribution in [0.5, 0.6) is 0 Å². The van der Waals surface area contributed by atoms with Crippen molar-refractivity contribution in [3.8, 4) is 0 Å². The van der Waals surface area contributed by atoms with Crippen LogP contribution in [0, 0.1) is 10.1 Å². The summed E-state index contributed by atoms with van der Waals surface area (Å²) in [5.41, 5.74) is 5.60. The van der Waals surface area contributed by atoms with Gasteiger partial charge in [0, 0.05) is 19.1 Å². The third kappa shape index (κ3) is 1.41. The molecule has 0 radical (unpaired) electrons. The Morgan fingerprint density at radius 1 is 1.86 bits per heavy atom. The number of nitrogens with one attached hydrogen (secondary N) is 1. The summed E-state index contributed by atoms with van der Waals surface area (Å²) >= 11 is 0. The lowest BCUT2D eigenvalue weighted by molar-refractivity contribution is -0.388. The molecule has 0 bridgehead atoms. The standard InChI is InChI=1S/C7H11N5O2/c1-11-3-9-6(12(13)14)7(11)10-5-2-4(5)8/h3-5,10H,2,8H2,1H3. The highest BCUT2D eigenvalue weighted by molar-refractivity contribution is 5.53. The second-order valence-corrected chi connectivity index (χ2v) is 3.44. The highest BCUT2D eigenvalue weighted by Crippen LogP contribution is 2.28. The molecule has 1 heterocycles. The highest BCUT2D eigenvalue weighted by Gasteiger charge is 2.36. The fourth-order valence-electron chi connectivity index (χ4n) is 1.27. The lowest BCUT2D eigenvalue weighted by Crippen LogP contribution is -2.15. The molecule has 7 heteroatoms. The molecule has 1 aromatic heterocycles. The third-order valence-corrected chi connectivity index (χ3v) is 2.25. The molecule has 1 fully saturated rings. The van der Waals surface area contributed by atoms with Crippen LogP contribution in [0.15, 0.2) is 6.33 Å². The Kier molecular flexibility index (Phi) is 1.88. The van der Waals surface area contributed by atoms with Crippen LogP contribution in [0.25, 0.3) is 0 Å². The third-order valence-electron chi connectivity index (χ3n) is 2.25. The number of nitrogens with zero attached hydrogens (tertiary/aromatic N) is 3. The smallest absolute Gasteiger partial charge is 0.360 e. The van der Waals surface area contributed by atoms with Gasteiger partial charge in [0.15, 0.2) is 0 Å². The van der Waals surface area contributed by atoms with Gasteiger partial charge in [0.25, 0.3) is 0 Å². The molecule has 14 heavy (non-hydrogen) atoms. The van der Waals surface area contributed by atoms with Crippen molar-refractivity contribution in [1.82, 2.24) is 9.55 Å².